The highest BCUT2D eigenvalue weighted by atomic mass is 16.3. The van der Waals surface area contributed by atoms with Crippen molar-refractivity contribution < 1.29 is 5.11 Å². The van der Waals surface area contributed by atoms with Crippen LogP contribution in [0.1, 0.15) is 44.9 Å². The zero-order valence-electron chi connectivity index (χ0n) is 10.0. The van der Waals surface area contributed by atoms with Crippen LogP contribution in [0.5, 0.6) is 0 Å². The first kappa shape index (κ1) is 9.90. The molecule has 0 amide bonds. The minimum atomic E-state index is -0.342. The molecule has 0 aromatic carbocycles. The van der Waals surface area contributed by atoms with Gasteiger partial charge < -0.3 is 10.4 Å². The first-order chi connectivity index (χ1) is 7.65. The van der Waals surface area contributed by atoms with Crippen LogP contribution in [-0.2, 0) is 0 Å². The van der Waals surface area contributed by atoms with E-state index in [9.17, 15) is 5.11 Å². The summed E-state index contributed by atoms with van der Waals surface area (Å²) in [5.41, 5.74) is 0.206. The molecule has 4 saturated carbocycles. The SMILES string of the molecule is OC1(CC23CC4CC(CC(C4)C2)C3)CNC1. The Hall–Kier alpha value is -0.0800. The second kappa shape index (κ2) is 3.02. The van der Waals surface area contributed by atoms with Gasteiger partial charge in [0.05, 0.1) is 5.60 Å². The lowest BCUT2D eigenvalue weighted by atomic mass is 9.47. The third-order valence-corrected chi connectivity index (χ3v) is 5.78. The summed E-state index contributed by atoms with van der Waals surface area (Å²) in [4.78, 5) is 0. The van der Waals surface area contributed by atoms with Crippen molar-refractivity contribution in [3.8, 4) is 0 Å². The maximum Gasteiger partial charge on any atom is 0.0900 e. The Morgan fingerprint density at radius 1 is 0.938 bits per heavy atom. The predicted octanol–water partition coefficient (Wildman–Crippen LogP) is 1.93. The van der Waals surface area contributed by atoms with E-state index < -0.39 is 0 Å². The van der Waals surface area contributed by atoms with Crippen LogP contribution in [0.25, 0.3) is 0 Å². The minimum absolute atomic E-state index is 0.342. The van der Waals surface area contributed by atoms with Gasteiger partial charge in [0.2, 0.25) is 0 Å². The fraction of sp³-hybridized carbons (Fsp3) is 1.00. The van der Waals surface area contributed by atoms with Gasteiger partial charge >= 0.3 is 0 Å². The Morgan fingerprint density at radius 3 is 1.81 bits per heavy atom. The van der Waals surface area contributed by atoms with Crippen molar-refractivity contribution >= 4 is 0 Å². The summed E-state index contributed by atoms with van der Waals surface area (Å²) in [5.74, 6) is 3.05. The second-order valence-electron chi connectivity index (χ2n) is 7.42. The molecule has 2 heteroatoms. The van der Waals surface area contributed by atoms with Gasteiger partial charge in [-0.05, 0) is 68.1 Å². The normalized spacial score (nSPS) is 52.7. The largest absolute Gasteiger partial charge is 0.387 e. The minimum Gasteiger partial charge on any atom is -0.387 e. The smallest absolute Gasteiger partial charge is 0.0900 e. The summed E-state index contributed by atoms with van der Waals surface area (Å²) in [6.45, 7) is 1.68. The van der Waals surface area contributed by atoms with Gasteiger partial charge in [0, 0.05) is 13.1 Å². The van der Waals surface area contributed by atoms with Gasteiger partial charge in [-0.25, -0.2) is 0 Å². The average Bonchev–Trinajstić information content (AvgIpc) is 2.12. The maximum absolute atomic E-state index is 10.4. The molecule has 0 spiro atoms. The first-order valence-electron chi connectivity index (χ1n) is 7.08. The molecule has 0 unspecified atom stereocenters. The molecular formula is C14H23NO. The van der Waals surface area contributed by atoms with Crippen LogP contribution < -0.4 is 5.32 Å². The molecule has 2 N–H and O–H groups in total. The van der Waals surface area contributed by atoms with Crippen molar-refractivity contribution in [1.82, 2.24) is 5.32 Å². The molecule has 0 atom stereocenters. The molecule has 0 aromatic heterocycles. The van der Waals surface area contributed by atoms with Crippen molar-refractivity contribution in [1.29, 1.82) is 0 Å². The van der Waals surface area contributed by atoms with Crippen LogP contribution >= 0.6 is 0 Å². The van der Waals surface area contributed by atoms with E-state index in [1.807, 2.05) is 0 Å². The lowest BCUT2D eigenvalue weighted by Gasteiger charge is -2.59. The molecule has 4 bridgehead atoms. The molecule has 16 heavy (non-hydrogen) atoms. The Balaban J connectivity index is 1.57. The van der Waals surface area contributed by atoms with Gasteiger partial charge in [-0.2, -0.15) is 0 Å². The zero-order chi connectivity index (χ0) is 10.8. The summed E-state index contributed by atoms with van der Waals surface area (Å²) < 4.78 is 0. The summed E-state index contributed by atoms with van der Waals surface area (Å²) in [5, 5.41) is 13.6. The van der Waals surface area contributed by atoms with Crippen LogP contribution in [0.4, 0.5) is 0 Å². The highest BCUT2D eigenvalue weighted by molar-refractivity contribution is 5.06. The molecule has 5 fully saturated rings. The van der Waals surface area contributed by atoms with Crippen LogP contribution in [0, 0.1) is 23.2 Å². The highest BCUT2D eigenvalue weighted by Gasteiger charge is 2.54. The van der Waals surface area contributed by atoms with Crippen LogP contribution in [-0.4, -0.2) is 23.8 Å². The second-order valence-corrected chi connectivity index (χ2v) is 7.42. The standard InChI is InChI=1S/C14H23NO/c16-14(8-15-9-14)7-13-4-10-1-11(5-13)3-12(2-10)6-13/h10-12,15-16H,1-9H2. The van der Waals surface area contributed by atoms with Gasteiger partial charge in [0.1, 0.15) is 0 Å². The molecule has 0 aromatic rings. The summed E-state index contributed by atoms with van der Waals surface area (Å²) >= 11 is 0. The number of aliphatic hydroxyl groups is 1. The van der Waals surface area contributed by atoms with E-state index in [0.717, 1.165) is 37.3 Å². The van der Waals surface area contributed by atoms with Crippen molar-refractivity contribution in [3.63, 3.8) is 0 Å². The number of hydrogen-bond donors (Lipinski definition) is 2. The number of β-amino-alcohol motifs (C(OH)–C–C–N with tert-alkyl or cyclic N) is 1. The Morgan fingerprint density at radius 2 is 1.44 bits per heavy atom. The third kappa shape index (κ3) is 1.39. The third-order valence-electron chi connectivity index (χ3n) is 5.78. The van der Waals surface area contributed by atoms with Crippen LogP contribution in [0.15, 0.2) is 0 Å². The van der Waals surface area contributed by atoms with Gasteiger partial charge in [-0.3, -0.25) is 0 Å². The molecule has 1 heterocycles. The van der Waals surface area contributed by atoms with Gasteiger partial charge in [-0.15, -0.1) is 0 Å². The fourth-order valence-electron chi connectivity index (χ4n) is 5.74. The van der Waals surface area contributed by atoms with Gasteiger partial charge in [-0.1, -0.05) is 0 Å². The van der Waals surface area contributed by atoms with E-state index in [1.165, 1.54) is 38.5 Å². The van der Waals surface area contributed by atoms with E-state index >= 15 is 0 Å². The average molecular weight is 221 g/mol. The summed E-state index contributed by atoms with van der Waals surface area (Å²) in [7, 11) is 0. The Bertz CT molecular complexity index is 273. The molecule has 5 rings (SSSR count). The highest BCUT2D eigenvalue weighted by Crippen LogP contribution is 2.62. The maximum atomic E-state index is 10.4. The quantitative estimate of drug-likeness (QED) is 0.747. The summed E-state index contributed by atoms with van der Waals surface area (Å²) in [6, 6.07) is 0. The van der Waals surface area contributed by atoms with E-state index in [2.05, 4.69) is 5.32 Å². The molecule has 1 saturated heterocycles. The van der Waals surface area contributed by atoms with Crippen molar-refractivity contribution in [2.75, 3.05) is 13.1 Å². The van der Waals surface area contributed by atoms with Crippen molar-refractivity contribution in [2.45, 2.75) is 50.5 Å². The molecule has 4 aliphatic carbocycles. The number of hydrogen-bond acceptors (Lipinski definition) is 2. The molecule has 2 nitrogen and oxygen atoms in total. The molecule has 5 aliphatic rings. The van der Waals surface area contributed by atoms with Crippen molar-refractivity contribution in [2.24, 2.45) is 23.2 Å². The first-order valence-corrected chi connectivity index (χ1v) is 7.08. The molecular weight excluding hydrogens is 198 g/mol. The van der Waals surface area contributed by atoms with E-state index in [0.29, 0.717) is 5.41 Å². The molecule has 0 radical (unpaired) electrons. The van der Waals surface area contributed by atoms with E-state index in [-0.39, 0.29) is 5.60 Å². The van der Waals surface area contributed by atoms with Crippen LogP contribution in [0.2, 0.25) is 0 Å². The lowest BCUT2D eigenvalue weighted by Crippen LogP contribution is -2.63. The number of nitrogens with one attached hydrogen (secondary N) is 1. The lowest BCUT2D eigenvalue weighted by molar-refractivity contribution is -0.118. The molecule has 90 valence electrons. The Kier molecular flexibility index (Phi) is 1.87. The topological polar surface area (TPSA) is 32.3 Å². The van der Waals surface area contributed by atoms with Gasteiger partial charge in [0.15, 0.2) is 0 Å². The fourth-order valence-corrected chi connectivity index (χ4v) is 5.74. The Labute approximate surface area is 97.8 Å². The molecule has 1 aliphatic heterocycles. The summed E-state index contributed by atoms with van der Waals surface area (Å²) in [6.07, 6.45) is 9.92. The predicted molar refractivity (Wildman–Crippen MR) is 63.0 cm³/mol. The van der Waals surface area contributed by atoms with Crippen LogP contribution in [0.3, 0.4) is 0 Å². The monoisotopic (exact) mass is 221 g/mol. The zero-order valence-corrected chi connectivity index (χ0v) is 10.0. The number of rotatable bonds is 2. The van der Waals surface area contributed by atoms with Gasteiger partial charge in [0.25, 0.3) is 0 Å². The van der Waals surface area contributed by atoms with Crippen molar-refractivity contribution in [3.05, 3.63) is 0 Å². The van der Waals surface area contributed by atoms with E-state index in [1.54, 1.807) is 0 Å². The van der Waals surface area contributed by atoms with E-state index in [4.69, 9.17) is 0 Å².